The summed E-state index contributed by atoms with van der Waals surface area (Å²) in [6, 6.07) is 2.32. The zero-order valence-corrected chi connectivity index (χ0v) is 11.9. The fraction of sp³-hybridized carbons (Fsp3) is 0.857. The monoisotopic (exact) mass is 251 g/mol. The van der Waals surface area contributed by atoms with Gasteiger partial charge in [-0.15, -0.1) is 0 Å². The number of hydrogen-bond acceptors (Lipinski definition) is 3. The fourth-order valence-corrected chi connectivity index (χ4v) is 2.27. The lowest BCUT2D eigenvalue weighted by atomic mass is 10.0. The summed E-state index contributed by atoms with van der Waals surface area (Å²) >= 11 is 0. The molecule has 0 aromatic heterocycles. The van der Waals surface area contributed by atoms with Crippen LogP contribution in [0.3, 0.4) is 0 Å². The zero-order valence-electron chi connectivity index (χ0n) is 11.9. The molecule has 18 heavy (non-hydrogen) atoms. The molecule has 1 saturated heterocycles. The van der Waals surface area contributed by atoms with Gasteiger partial charge in [0, 0.05) is 32.6 Å². The van der Waals surface area contributed by atoms with Crippen LogP contribution in [0, 0.1) is 11.3 Å². The molecular weight excluding hydrogens is 226 g/mol. The van der Waals surface area contributed by atoms with E-state index in [1.165, 1.54) is 0 Å². The van der Waals surface area contributed by atoms with Gasteiger partial charge in [0.15, 0.2) is 0 Å². The predicted octanol–water partition coefficient (Wildman–Crippen LogP) is 2.01. The van der Waals surface area contributed by atoms with Crippen molar-refractivity contribution in [3.05, 3.63) is 0 Å². The van der Waals surface area contributed by atoms with Crippen molar-refractivity contribution in [2.24, 2.45) is 0 Å². The quantitative estimate of drug-likeness (QED) is 0.702. The van der Waals surface area contributed by atoms with Crippen molar-refractivity contribution in [3.8, 4) is 6.07 Å². The summed E-state index contributed by atoms with van der Waals surface area (Å²) in [5.41, 5.74) is -0.419. The largest absolute Gasteiger partial charge is 0.340 e. The lowest BCUT2D eigenvalue weighted by molar-refractivity contribution is -0.133. The molecule has 0 aliphatic carbocycles. The minimum absolute atomic E-state index is 0.276. The average molecular weight is 251 g/mol. The third-order valence-corrected chi connectivity index (χ3v) is 3.69. The molecule has 0 atom stereocenters. The van der Waals surface area contributed by atoms with Crippen LogP contribution in [0.4, 0.5) is 0 Å². The molecule has 4 heteroatoms. The van der Waals surface area contributed by atoms with E-state index in [1.54, 1.807) is 0 Å². The van der Waals surface area contributed by atoms with Gasteiger partial charge in [-0.3, -0.25) is 9.69 Å². The number of carbonyl (C=O) groups is 1. The zero-order chi connectivity index (χ0) is 13.6. The highest BCUT2D eigenvalue weighted by Crippen LogP contribution is 2.16. The van der Waals surface area contributed by atoms with Crippen molar-refractivity contribution in [1.29, 1.82) is 5.26 Å². The number of hydrogen-bond donors (Lipinski definition) is 0. The van der Waals surface area contributed by atoms with Gasteiger partial charge in [0.2, 0.25) is 5.91 Å². The van der Waals surface area contributed by atoms with E-state index in [2.05, 4.69) is 17.9 Å². The first-order valence-electron chi connectivity index (χ1n) is 6.95. The van der Waals surface area contributed by atoms with Crippen LogP contribution in [0.2, 0.25) is 0 Å². The predicted molar refractivity (Wildman–Crippen MR) is 72.0 cm³/mol. The van der Waals surface area contributed by atoms with Crippen molar-refractivity contribution >= 4 is 5.91 Å². The number of piperazine rings is 1. The smallest absolute Gasteiger partial charge is 0.222 e. The van der Waals surface area contributed by atoms with Gasteiger partial charge in [-0.05, 0) is 20.3 Å². The van der Waals surface area contributed by atoms with Crippen molar-refractivity contribution in [2.75, 3.05) is 26.2 Å². The molecule has 0 aromatic carbocycles. The average Bonchev–Trinajstić information content (AvgIpc) is 2.39. The highest BCUT2D eigenvalue weighted by atomic mass is 16.2. The molecule has 1 amide bonds. The third kappa shape index (κ3) is 3.99. The molecule has 0 aromatic rings. The van der Waals surface area contributed by atoms with E-state index in [1.807, 2.05) is 18.7 Å². The van der Waals surface area contributed by atoms with E-state index in [9.17, 15) is 4.79 Å². The van der Waals surface area contributed by atoms with Gasteiger partial charge < -0.3 is 4.90 Å². The fourth-order valence-electron chi connectivity index (χ4n) is 2.27. The van der Waals surface area contributed by atoms with E-state index in [4.69, 9.17) is 5.26 Å². The van der Waals surface area contributed by atoms with E-state index in [0.717, 1.165) is 45.4 Å². The molecule has 0 spiro atoms. The van der Waals surface area contributed by atoms with Gasteiger partial charge in [0.25, 0.3) is 0 Å². The van der Waals surface area contributed by atoms with E-state index >= 15 is 0 Å². The minimum atomic E-state index is -0.419. The van der Waals surface area contributed by atoms with Crippen LogP contribution in [-0.4, -0.2) is 47.4 Å². The summed E-state index contributed by atoms with van der Waals surface area (Å²) in [5, 5.41) is 9.09. The first kappa shape index (κ1) is 15.0. The number of nitrogens with zero attached hydrogens (tertiary/aromatic N) is 3. The highest BCUT2D eigenvalue weighted by Gasteiger charge is 2.30. The van der Waals surface area contributed by atoms with E-state index in [0.29, 0.717) is 6.42 Å². The summed E-state index contributed by atoms with van der Waals surface area (Å²) in [6.07, 6.45) is 3.96. The Morgan fingerprint density at radius 3 is 2.33 bits per heavy atom. The summed E-state index contributed by atoms with van der Waals surface area (Å²) in [7, 11) is 0. The topological polar surface area (TPSA) is 47.3 Å². The van der Waals surface area contributed by atoms with Crippen LogP contribution in [0.1, 0.15) is 46.5 Å². The third-order valence-electron chi connectivity index (χ3n) is 3.69. The van der Waals surface area contributed by atoms with Crippen molar-refractivity contribution in [1.82, 2.24) is 9.80 Å². The van der Waals surface area contributed by atoms with Crippen molar-refractivity contribution in [2.45, 2.75) is 52.0 Å². The van der Waals surface area contributed by atoms with Gasteiger partial charge in [0.1, 0.15) is 5.54 Å². The number of nitriles is 1. The normalized spacial score (nSPS) is 17.6. The lowest BCUT2D eigenvalue weighted by Crippen LogP contribution is -2.55. The Balaban J connectivity index is 2.35. The summed E-state index contributed by atoms with van der Waals surface area (Å²) in [4.78, 5) is 16.0. The Labute approximate surface area is 111 Å². The maximum atomic E-state index is 11.9. The Morgan fingerprint density at radius 2 is 1.83 bits per heavy atom. The molecule has 4 nitrogen and oxygen atoms in total. The van der Waals surface area contributed by atoms with Crippen LogP contribution >= 0.6 is 0 Å². The van der Waals surface area contributed by atoms with Gasteiger partial charge in [-0.25, -0.2) is 0 Å². The second-order valence-corrected chi connectivity index (χ2v) is 5.50. The van der Waals surface area contributed by atoms with Gasteiger partial charge in [-0.2, -0.15) is 5.26 Å². The number of unbranched alkanes of at least 4 members (excludes halogenated alkanes) is 2. The minimum Gasteiger partial charge on any atom is -0.340 e. The van der Waals surface area contributed by atoms with E-state index in [-0.39, 0.29) is 5.91 Å². The van der Waals surface area contributed by atoms with Crippen molar-refractivity contribution < 1.29 is 4.79 Å². The molecule has 1 heterocycles. The van der Waals surface area contributed by atoms with Crippen LogP contribution in [-0.2, 0) is 4.79 Å². The molecule has 102 valence electrons. The highest BCUT2D eigenvalue weighted by molar-refractivity contribution is 5.76. The van der Waals surface area contributed by atoms with Crippen LogP contribution < -0.4 is 0 Å². The maximum absolute atomic E-state index is 11.9. The second-order valence-electron chi connectivity index (χ2n) is 5.50. The Morgan fingerprint density at radius 1 is 1.22 bits per heavy atom. The Bertz CT molecular complexity index is 311. The molecule has 0 unspecified atom stereocenters. The van der Waals surface area contributed by atoms with Crippen molar-refractivity contribution in [3.63, 3.8) is 0 Å². The van der Waals surface area contributed by atoms with Gasteiger partial charge in [-0.1, -0.05) is 19.8 Å². The molecule has 0 N–H and O–H groups in total. The SMILES string of the molecule is CCCCCC(=O)N1CCN(C(C)(C)C#N)CC1. The maximum Gasteiger partial charge on any atom is 0.222 e. The van der Waals surface area contributed by atoms with Crippen LogP contribution in [0.15, 0.2) is 0 Å². The molecule has 0 bridgehead atoms. The summed E-state index contributed by atoms with van der Waals surface area (Å²) in [5.74, 6) is 0.276. The molecule has 1 rings (SSSR count). The number of carbonyl (C=O) groups excluding carboxylic acids is 1. The van der Waals surface area contributed by atoms with E-state index < -0.39 is 5.54 Å². The molecule has 0 saturated carbocycles. The molecule has 1 aliphatic heterocycles. The molecular formula is C14H25N3O. The standard InChI is InChI=1S/C14H25N3O/c1-4-5-6-7-13(18)16-8-10-17(11-9-16)14(2,3)12-15/h4-11H2,1-3H3. The Kier molecular flexibility index (Phi) is 5.61. The summed E-state index contributed by atoms with van der Waals surface area (Å²) in [6.45, 7) is 9.15. The molecule has 1 fully saturated rings. The second kappa shape index (κ2) is 6.75. The first-order valence-corrected chi connectivity index (χ1v) is 6.95. The van der Waals surface area contributed by atoms with Gasteiger partial charge >= 0.3 is 0 Å². The summed E-state index contributed by atoms with van der Waals surface area (Å²) < 4.78 is 0. The Hall–Kier alpha value is -1.08. The number of amides is 1. The van der Waals surface area contributed by atoms with Gasteiger partial charge in [0.05, 0.1) is 6.07 Å². The van der Waals surface area contributed by atoms with Crippen LogP contribution in [0.25, 0.3) is 0 Å². The molecule has 0 radical (unpaired) electrons. The molecule has 1 aliphatic rings. The first-order chi connectivity index (χ1) is 8.51. The number of rotatable bonds is 5. The lowest BCUT2D eigenvalue weighted by Gasteiger charge is -2.40. The van der Waals surface area contributed by atoms with Crippen LogP contribution in [0.5, 0.6) is 0 Å².